The highest BCUT2D eigenvalue weighted by Gasteiger charge is 2.45. The molecule has 0 heterocycles. The second-order valence-electron chi connectivity index (χ2n) is 11.1. The van der Waals surface area contributed by atoms with Gasteiger partial charge in [0.1, 0.15) is 46.4 Å². The van der Waals surface area contributed by atoms with E-state index >= 15 is 0 Å². The minimum absolute atomic E-state index is 0. The summed E-state index contributed by atoms with van der Waals surface area (Å²) in [6.45, 7) is 0. The van der Waals surface area contributed by atoms with Gasteiger partial charge in [0.2, 0.25) is 0 Å². The van der Waals surface area contributed by atoms with E-state index in [1.54, 1.807) is 0 Å². The fourth-order valence-corrected chi connectivity index (χ4v) is 15.0. The molecule has 0 radical (unpaired) electrons. The Morgan fingerprint density at radius 3 is 0.630 bits per heavy atom. The van der Waals surface area contributed by atoms with Crippen LogP contribution in [0.1, 0.15) is 12.8 Å². The lowest BCUT2D eigenvalue weighted by atomic mass is 10.3. The summed E-state index contributed by atoms with van der Waals surface area (Å²) in [5.41, 5.74) is 0. The van der Waals surface area contributed by atoms with Crippen molar-refractivity contribution in [2.24, 2.45) is 0 Å². The predicted molar refractivity (Wildman–Crippen MR) is 198 cm³/mol. The molecule has 0 aliphatic heterocycles. The molecule has 0 saturated heterocycles. The van der Waals surface area contributed by atoms with Crippen molar-refractivity contribution in [3.63, 3.8) is 0 Å². The van der Waals surface area contributed by atoms with E-state index in [9.17, 15) is 0 Å². The number of halogens is 2. The van der Waals surface area contributed by atoms with Crippen molar-refractivity contribution in [1.29, 1.82) is 0 Å². The number of hydrogen-bond donors (Lipinski definition) is 0. The SMILES string of the molecule is C(=C/CC[P+](c1ccccc1)(c1ccccc1)c1ccccc1)/CC[P+](c1ccccc1)(c1ccccc1)c1ccccc1.[I-].[I-]. The average molecular weight is 861 g/mol. The summed E-state index contributed by atoms with van der Waals surface area (Å²) < 4.78 is 0. The highest BCUT2D eigenvalue weighted by atomic mass is 127. The van der Waals surface area contributed by atoms with E-state index in [0.717, 1.165) is 25.2 Å². The third kappa shape index (κ3) is 7.91. The van der Waals surface area contributed by atoms with Gasteiger partial charge in [0.15, 0.2) is 0 Å². The van der Waals surface area contributed by atoms with Gasteiger partial charge >= 0.3 is 0 Å². The third-order valence-corrected chi connectivity index (χ3v) is 17.5. The minimum Gasteiger partial charge on any atom is -1.00 e. The molecular formula is C42H40I2P2. The van der Waals surface area contributed by atoms with Crippen LogP contribution in [-0.2, 0) is 0 Å². The normalized spacial score (nSPS) is 11.4. The summed E-state index contributed by atoms with van der Waals surface area (Å²) in [6, 6.07) is 67.3. The summed E-state index contributed by atoms with van der Waals surface area (Å²) >= 11 is 0. The van der Waals surface area contributed by atoms with Gasteiger partial charge in [-0.05, 0) is 72.8 Å². The Kier molecular flexibility index (Phi) is 14.2. The zero-order chi connectivity index (χ0) is 29.9. The van der Waals surface area contributed by atoms with Crippen LogP contribution >= 0.6 is 14.5 Å². The molecule has 0 atom stereocenters. The lowest BCUT2D eigenvalue weighted by Gasteiger charge is -2.27. The average Bonchev–Trinajstić information content (AvgIpc) is 3.12. The molecule has 0 aliphatic carbocycles. The van der Waals surface area contributed by atoms with Crippen molar-refractivity contribution >= 4 is 46.4 Å². The zero-order valence-electron chi connectivity index (χ0n) is 26.0. The Bertz CT molecular complexity index is 1400. The van der Waals surface area contributed by atoms with Crippen LogP contribution in [-0.4, -0.2) is 12.3 Å². The first-order valence-corrected chi connectivity index (χ1v) is 19.5. The largest absolute Gasteiger partial charge is 1.00 e. The van der Waals surface area contributed by atoms with Crippen LogP contribution in [0.3, 0.4) is 0 Å². The van der Waals surface area contributed by atoms with Gasteiger partial charge in [-0.25, -0.2) is 0 Å². The molecule has 46 heavy (non-hydrogen) atoms. The molecular weight excluding hydrogens is 820 g/mol. The lowest BCUT2D eigenvalue weighted by molar-refractivity contribution is -0.001000. The van der Waals surface area contributed by atoms with Gasteiger partial charge in [0, 0.05) is 12.8 Å². The van der Waals surface area contributed by atoms with Crippen LogP contribution in [0.5, 0.6) is 0 Å². The molecule has 6 aromatic carbocycles. The molecule has 0 N–H and O–H groups in total. The molecule has 0 aliphatic rings. The molecule has 232 valence electrons. The standard InChI is InChI=1S/C42H40P2.2HI/c1(21-35-43(37-23-9-3-10-24-37,38-25-11-4-12-26-38)39-27-13-5-14-28-39)2-22-36-44(40-29-15-6-16-30-40,41-31-17-7-18-32-41)42-33-19-8-20-34-42;;/h1-20,23-34H,21-22,35-36H2;2*1H/q+2;;/p-2/b2-1-;;. The number of allylic oxidation sites excluding steroid dienone is 2. The van der Waals surface area contributed by atoms with Crippen molar-refractivity contribution < 1.29 is 48.0 Å². The second-order valence-corrected chi connectivity index (χ2v) is 18.4. The maximum Gasteiger partial charge on any atom is 0.112 e. The first-order chi connectivity index (χ1) is 21.8. The summed E-state index contributed by atoms with van der Waals surface area (Å²) in [5.74, 6) is 0. The van der Waals surface area contributed by atoms with Crippen LogP contribution in [0.15, 0.2) is 194 Å². The van der Waals surface area contributed by atoms with E-state index in [0.29, 0.717) is 0 Å². The Morgan fingerprint density at radius 1 is 0.283 bits per heavy atom. The van der Waals surface area contributed by atoms with E-state index in [-0.39, 0.29) is 48.0 Å². The predicted octanol–water partition coefficient (Wildman–Crippen LogP) is 2.32. The van der Waals surface area contributed by atoms with Crippen molar-refractivity contribution in [1.82, 2.24) is 0 Å². The van der Waals surface area contributed by atoms with E-state index in [1.165, 1.54) is 31.8 Å². The molecule has 6 rings (SSSR count). The summed E-state index contributed by atoms with van der Waals surface area (Å²) in [7, 11) is -3.64. The van der Waals surface area contributed by atoms with E-state index in [1.807, 2.05) is 0 Å². The highest BCUT2D eigenvalue weighted by Crippen LogP contribution is 2.57. The molecule has 0 saturated carbocycles. The molecule has 0 fully saturated rings. The smallest absolute Gasteiger partial charge is 0.112 e. The Morgan fingerprint density at radius 2 is 0.457 bits per heavy atom. The van der Waals surface area contributed by atoms with Crippen molar-refractivity contribution in [2.45, 2.75) is 12.8 Å². The van der Waals surface area contributed by atoms with Gasteiger partial charge in [-0.15, -0.1) is 0 Å². The number of rotatable bonds is 12. The van der Waals surface area contributed by atoms with Crippen LogP contribution in [0.25, 0.3) is 0 Å². The van der Waals surface area contributed by atoms with Crippen molar-refractivity contribution in [2.75, 3.05) is 12.3 Å². The van der Waals surface area contributed by atoms with E-state index in [2.05, 4.69) is 194 Å². The zero-order valence-corrected chi connectivity index (χ0v) is 32.1. The molecule has 0 aromatic heterocycles. The van der Waals surface area contributed by atoms with Gasteiger partial charge in [-0.3, -0.25) is 0 Å². The quantitative estimate of drug-likeness (QED) is 0.101. The molecule has 0 bridgehead atoms. The molecule has 6 aromatic rings. The van der Waals surface area contributed by atoms with Crippen molar-refractivity contribution in [3.05, 3.63) is 194 Å². The summed E-state index contributed by atoms with van der Waals surface area (Å²) in [4.78, 5) is 0. The third-order valence-electron chi connectivity index (χ3n) is 8.61. The Balaban J connectivity index is 0.00000240. The van der Waals surface area contributed by atoms with Crippen molar-refractivity contribution in [3.8, 4) is 0 Å². The Hall–Kier alpha value is -2.62. The van der Waals surface area contributed by atoms with Crippen LogP contribution in [0, 0.1) is 0 Å². The van der Waals surface area contributed by atoms with Gasteiger partial charge in [0.25, 0.3) is 0 Å². The van der Waals surface area contributed by atoms with E-state index in [4.69, 9.17) is 0 Å². The summed E-state index contributed by atoms with van der Waals surface area (Å²) in [6.07, 6.45) is 9.22. The maximum absolute atomic E-state index is 2.46. The summed E-state index contributed by atoms with van der Waals surface area (Å²) in [5, 5.41) is 8.71. The maximum atomic E-state index is 2.46. The monoisotopic (exact) mass is 860 g/mol. The molecule has 0 amide bonds. The van der Waals surface area contributed by atoms with Gasteiger partial charge < -0.3 is 48.0 Å². The van der Waals surface area contributed by atoms with Gasteiger partial charge in [-0.1, -0.05) is 121 Å². The first-order valence-electron chi connectivity index (χ1n) is 15.6. The second kappa shape index (κ2) is 18.1. The fourth-order valence-electron chi connectivity index (χ4n) is 6.54. The van der Waals surface area contributed by atoms with E-state index < -0.39 is 14.5 Å². The van der Waals surface area contributed by atoms with Gasteiger partial charge in [-0.2, -0.15) is 0 Å². The molecule has 0 unspecified atom stereocenters. The van der Waals surface area contributed by atoms with Crippen LogP contribution < -0.4 is 79.8 Å². The fraction of sp³-hybridized carbons (Fsp3) is 0.0952. The number of benzene rings is 6. The molecule has 4 heteroatoms. The van der Waals surface area contributed by atoms with Crippen LogP contribution in [0.4, 0.5) is 0 Å². The lowest BCUT2D eigenvalue weighted by Crippen LogP contribution is -3.00. The first kappa shape index (κ1) is 36.2. The minimum atomic E-state index is -1.82. The highest BCUT2D eigenvalue weighted by molar-refractivity contribution is 7.96. The topological polar surface area (TPSA) is 0 Å². The molecule has 0 nitrogen and oxygen atoms in total. The number of hydrogen-bond acceptors (Lipinski definition) is 0. The van der Waals surface area contributed by atoms with Gasteiger partial charge in [0.05, 0.1) is 12.3 Å². The van der Waals surface area contributed by atoms with Crippen LogP contribution in [0.2, 0.25) is 0 Å². The Labute approximate surface area is 311 Å². The molecule has 0 spiro atoms.